The minimum absolute atomic E-state index is 0.0140. The normalized spacial score (nSPS) is 23.9. The molecule has 0 unspecified atom stereocenters. The van der Waals surface area contributed by atoms with Gasteiger partial charge >= 0.3 is 0 Å². The second-order valence-electron chi connectivity index (χ2n) is 4.79. The molecule has 0 saturated carbocycles. The van der Waals surface area contributed by atoms with Crippen molar-refractivity contribution in [3.8, 4) is 0 Å². The van der Waals surface area contributed by atoms with Crippen LogP contribution in [0, 0.1) is 0 Å². The van der Waals surface area contributed by atoms with Gasteiger partial charge in [-0.25, -0.2) is 13.1 Å². The number of hydrogen-bond donors (Lipinski definition) is 1. The van der Waals surface area contributed by atoms with Crippen molar-refractivity contribution in [3.63, 3.8) is 0 Å². The molecule has 2 rings (SSSR count). The van der Waals surface area contributed by atoms with Crippen LogP contribution in [0.1, 0.15) is 24.4 Å². The van der Waals surface area contributed by atoms with E-state index in [2.05, 4.69) is 4.72 Å². The van der Waals surface area contributed by atoms with Crippen LogP contribution >= 0.6 is 0 Å². The van der Waals surface area contributed by atoms with E-state index in [1.165, 1.54) is 19.2 Å². The Balaban J connectivity index is 2.18. The monoisotopic (exact) mass is 302 g/mol. The van der Waals surface area contributed by atoms with Crippen molar-refractivity contribution in [3.05, 3.63) is 17.9 Å². The lowest BCUT2D eigenvalue weighted by atomic mass is 10.2. The number of nitrogens with one attached hydrogen (secondary N) is 1. The maximum atomic E-state index is 12.3. The lowest BCUT2D eigenvalue weighted by Gasteiger charge is -2.34. The van der Waals surface area contributed by atoms with Crippen LogP contribution in [0.3, 0.4) is 0 Å². The van der Waals surface area contributed by atoms with Gasteiger partial charge in [0.05, 0.1) is 12.2 Å². The number of rotatable bonds is 3. The predicted octanol–water partition coefficient (Wildman–Crippen LogP) is 0.437. The van der Waals surface area contributed by atoms with Gasteiger partial charge in [-0.05, 0) is 33.0 Å². The number of morpholine rings is 1. The van der Waals surface area contributed by atoms with Crippen LogP contribution in [0.25, 0.3) is 0 Å². The highest BCUT2D eigenvalue weighted by molar-refractivity contribution is 7.89. The summed E-state index contributed by atoms with van der Waals surface area (Å²) in [5.74, 6) is -0.315. The number of nitrogens with zero attached hydrogens (tertiary/aromatic N) is 1. The Morgan fingerprint density at radius 1 is 1.30 bits per heavy atom. The summed E-state index contributed by atoms with van der Waals surface area (Å²) in [4.78, 5) is 13.9. The first-order valence-corrected chi connectivity index (χ1v) is 7.80. The van der Waals surface area contributed by atoms with Gasteiger partial charge in [0.1, 0.15) is 0 Å². The molecule has 1 aliphatic rings. The molecule has 0 radical (unpaired) electrons. The Kier molecular flexibility index (Phi) is 4.17. The summed E-state index contributed by atoms with van der Waals surface area (Å²) in [7, 11) is -2.39. The molecular formula is C12H18N2O5S. The Morgan fingerprint density at radius 3 is 2.45 bits per heavy atom. The molecule has 1 fully saturated rings. The summed E-state index contributed by atoms with van der Waals surface area (Å²) < 4.78 is 36.0. The number of sulfonamides is 1. The van der Waals surface area contributed by atoms with E-state index in [-0.39, 0.29) is 29.0 Å². The fourth-order valence-corrected chi connectivity index (χ4v) is 2.83. The molecular weight excluding hydrogens is 284 g/mol. The molecule has 1 aromatic heterocycles. The fraction of sp³-hybridized carbons (Fsp3) is 0.583. The van der Waals surface area contributed by atoms with Gasteiger partial charge in [-0.1, -0.05) is 0 Å². The molecule has 0 bridgehead atoms. The van der Waals surface area contributed by atoms with Crippen molar-refractivity contribution in [2.75, 3.05) is 20.1 Å². The standard InChI is InChI=1S/C12H18N2O5S/c1-8-6-14(7-9(2)18-8)12(15)10-4-5-11(19-10)20(16,17)13-3/h4-5,8-9,13H,6-7H2,1-3H3/t8-,9-/m0/s1. The Bertz CT molecular complexity index is 585. The van der Waals surface area contributed by atoms with Crippen molar-refractivity contribution in [2.24, 2.45) is 0 Å². The molecule has 0 aromatic carbocycles. The zero-order valence-corrected chi connectivity index (χ0v) is 12.4. The maximum absolute atomic E-state index is 12.3. The summed E-state index contributed by atoms with van der Waals surface area (Å²) in [6.07, 6.45) is -0.114. The van der Waals surface area contributed by atoms with Gasteiger partial charge in [0.15, 0.2) is 5.76 Å². The average Bonchev–Trinajstić information content (AvgIpc) is 2.87. The molecule has 20 heavy (non-hydrogen) atoms. The van der Waals surface area contributed by atoms with Gasteiger partial charge in [0.2, 0.25) is 5.09 Å². The third-order valence-corrected chi connectivity index (χ3v) is 4.32. The molecule has 7 nitrogen and oxygen atoms in total. The van der Waals surface area contributed by atoms with E-state index in [9.17, 15) is 13.2 Å². The summed E-state index contributed by atoms with van der Waals surface area (Å²) in [6, 6.07) is 2.64. The Morgan fingerprint density at radius 2 is 1.90 bits per heavy atom. The zero-order valence-electron chi connectivity index (χ0n) is 11.6. The van der Waals surface area contributed by atoms with Gasteiger partial charge in [0, 0.05) is 13.1 Å². The number of ether oxygens (including phenoxy) is 1. The van der Waals surface area contributed by atoms with E-state index in [1.807, 2.05) is 13.8 Å². The van der Waals surface area contributed by atoms with E-state index >= 15 is 0 Å². The van der Waals surface area contributed by atoms with Crippen LogP contribution in [0.5, 0.6) is 0 Å². The Hall–Kier alpha value is -1.38. The molecule has 2 atom stereocenters. The molecule has 1 amide bonds. The number of furan rings is 1. The van der Waals surface area contributed by atoms with Gasteiger partial charge in [-0.15, -0.1) is 0 Å². The highest BCUT2D eigenvalue weighted by atomic mass is 32.2. The molecule has 1 aliphatic heterocycles. The number of carbonyl (C=O) groups is 1. The first-order valence-electron chi connectivity index (χ1n) is 6.31. The summed E-state index contributed by atoms with van der Waals surface area (Å²) in [5, 5.41) is -0.266. The molecule has 1 saturated heterocycles. The largest absolute Gasteiger partial charge is 0.438 e. The van der Waals surface area contributed by atoms with E-state index < -0.39 is 10.0 Å². The highest BCUT2D eigenvalue weighted by Gasteiger charge is 2.29. The van der Waals surface area contributed by atoms with E-state index in [0.717, 1.165) is 0 Å². The van der Waals surface area contributed by atoms with Crippen molar-refractivity contribution in [1.29, 1.82) is 0 Å². The third kappa shape index (κ3) is 3.02. The van der Waals surface area contributed by atoms with Gasteiger partial charge in [-0.2, -0.15) is 0 Å². The first-order chi connectivity index (χ1) is 9.33. The maximum Gasteiger partial charge on any atom is 0.289 e. The van der Waals surface area contributed by atoms with Crippen LogP contribution in [-0.4, -0.2) is 51.6 Å². The molecule has 0 aliphatic carbocycles. The fourth-order valence-electron chi connectivity index (χ4n) is 2.18. The van der Waals surface area contributed by atoms with Gasteiger partial charge in [0.25, 0.3) is 15.9 Å². The molecule has 1 aromatic rings. The van der Waals surface area contributed by atoms with E-state index in [1.54, 1.807) is 4.90 Å². The summed E-state index contributed by atoms with van der Waals surface area (Å²) in [6.45, 7) is 4.68. The number of hydrogen-bond acceptors (Lipinski definition) is 5. The van der Waals surface area contributed by atoms with Gasteiger partial charge in [-0.3, -0.25) is 4.79 Å². The highest BCUT2D eigenvalue weighted by Crippen LogP contribution is 2.18. The smallest absolute Gasteiger partial charge is 0.289 e. The topological polar surface area (TPSA) is 88.9 Å². The number of carbonyl (C=O) groups excluding carboxylic acids is 1. The molecule has 1 N–H and O–H groups in total. The van der Waals surface area contributed by atoms with Gasteiger partial charge < -0.3 is 14.1 Å². The van der Waals surface area contributed by atoms with Crippen LogP contribution in [-0.2, 0) is 14.8 Å². The second-order valence-corrected chi connectivity index (χ2v) is 6.61. The summed E-state index contributed by atoms with van der Waals surface area (Å²) in [5.41, 5.74) is 0. The third-order valence-electron chi connectivity index (χ3n) is 3.03. The van der Waals surface area contributed by atoms with Crippen LogP contribution < -0.4 is 4.72 Å². The average molecular weight is 302 g/mol. The minimum atomic E-state index is -3.68. The minimum Gasteiger partial charge on any atom is -0.438 e. The molecule has 8 heteroatoms. The van der Waals surface area contributed by atoms with Crippen molar-refractivity contribution < 1.29 is 22.4 Å². The SMILES string of the molecule is CNS(=O)(=O)c1ccc(C(=O)N2C[C@H](C)O[C@@H](C)C2)o1. The van der Waals surface area contributed by atoms with Crippen LogP contribution in [0.4, 0.5) is 0 Å². The molecule has 2 heterocycles. The van der Waals surface area contributed by atoms with E-state index in [0.29, 0.717) is 13.1 Å². The predicted molar refractivity (Wildman–Crippen MR) is 70.9 cm³/mol. The van der Waals surface area contributed by atoms with Crippen molar-refractivity contribution in [1.82, 2.24) is 9.62 Å². The lowest BCUT2D eigenvalue weighted by Crippen LogP contribution is -2.48. The lowest BCUT2D eigenvalue weighted by molar-refractivity contribution is -0.0593. The van der Waals surface area contributed by atoms with Crippen LogP contribution in [0.2, 0.25) is 0 Å². The second kappa shape index (κ2) is 5.55. The van der Waals surface area contributed by atoms with Crippen molar-refractivity contribution >= 4 is 15.9 Å². The van der Waals surface area contributed by atoms with E-state index in [4.69, 9.17) is 9.15 Å². The molecule has 112 valence electrons. The Labute approximate surface area is 117 Å². The number of amides is 1. The summed E-state index contributed by atoms with van der Waals surface area (Å²) >= 11 is 0. The van der Waals surface area contributed by atoms with Crippen molar-refractivity contribution in [2.45, 2.75) is 31.1 Å². The van der Waals surface area contributed by atoms with Crippen LogP contribution in [0.15, 0.2) is 21.6 Å². The zero-order chi connectivity index (χ0) is 14.9. The molecule has 0 spiro atoms. The quantitative estimate of drug-likeness (QED) is 0.875. The first kappa shape index (κ1) is 15.0.